The lowest BCUT2D eigenvalue weighted by atomic mass is 10.2. The molecule has 4 rings (SSSR count). The van der Waals surface area contributed by atoms with Crippen molar-refractivity contribution in [1.29, 1.82) is 0 Å². The zero-order chi connectivity index (χ0) is 26.9. The largest absolute Gasteiger partial charge is 0.416 e. The molecule has 4 aromatic rings. The summed E-state index contributed by atoms with van der Waals surface area (Å²) in [5.41, 5.74) is -0.294. The van der Waals surface area contributed by atoms with Crippen molar-refractivity contribution in [3.05, 3.63) is 80.7 Å². The molecule has 2 aromatic heterocycles. The molecule has 2 N–H and O–H groups in total. The summed E-state index contributed by atoms with van der Waals surface area (Å²) >= 11 is 12.2. The zero-order valence-corrected chi connectivity index (χ0v) is 20.5. The second-order valence-corrected chi connectivity index (χ2v) is 8.62. The van der Waals surface area contributed by atoms with Crippen LogP contribution in [0.3, 0.4) is 0 Å². The van der Waals surface area contributed by atoms with Gasteiger partial charge in [0.15, 0.2) is 23.6 Å². The van der Waals surface area contributed by atoms with Gasteiger partial charge in [-0.15, -0.1) is 10.2 Å². The van der Waals surface area contributed by atoms with Gasteiger partial charge in [-0.3, -0.25) is 4.57 Å². The highest BCUT2D eigenvalue weighted by atomic mass is 35.5. The van der Waals surface area contributed by atoms with E-state index in [0.717, 1.165) is 4.68 Å². The van der Waals surface area contributed by atoms with Crippen LogP contribution in [0.5, 0.6) is 0 Å². The summed E-state index contributed by atoms with van der Waals surface area (Å²) in [4.78, 5) is 17.3. The van der Waals surface area contributed by atoms with Crippen LogP contribution in [-0.4, -0.2) is 58.7 Å². The molecular weight excluding hydrogens is 540 g/mol. The normalized spacial score (nSPS) is 13.6. The Balaban J connectivity index is 1.78. The lowest BCUT2D eigenvalue weighted by Gasteiger charge is -2.15. The number of hydrogen-bond acceptors (Lipinski definition) is 7. The Morgan fingerprint density at radius 2 is 1.73 bits per heavy atom. The van der Waals surface area contributed by atoms with Crippen molar-refractivity contribution in [2.45, 2.75) is 31.7 Å². The first-order chi connectivity index (χ1) is 17.5. The third kappa shape index (κ3) is 5.70. The second kappa shape index (κ2) is 10.6. The van der Waals surface area contributed by atoms with Gasteiger partial charge in [-0.25, -0.2) is 19.1 Å². The third-order valence-corrected chi connectivity index (χ3v) is 5.82. The van der Waals surface area contributed by atoms with E-state index in [1.807, 2.05) is 0 Å². The number of aromatic nitrogens is 6. The quantitative estimate of drug-likeness (QED) is 0.318. The number of hydrogen-bond donors (Lipinski definition) is 2. The number of aliphatic hydroxyl groups excluding tert-OH is 2. The zero-order valence-electron chi connectivity index (χ0n) is 19.0. The number of para-hydroxylation sites is 1. The second-order valence-electron chi connectivity index (χ2n) is 7.78. The van der Waals surface area contributed by atoms with E-state index in [9.17, 15) is 28.2 Å². The molecule has 15 heteroatoms. The predicted molar refractivity (Wildman–Crippen MR) is 126 cm³/mol. The molecule has 0 saturated heterocycles. The topological polar surface area (TPSA) is 120 Å². The Morgan fingerprint density at radius 1 is 1.05 bits per heavy atom. The summed E-state index contributed by atoms with van der Waals surface area (Å²) in [7, 11) is 1.24. The molecule has 10 nitrogen and oxygen atoms in total. The number of alkyl halides is 3. The summed E-state index contributed by atoms with van der Waals surface area (Å²) in [6.45, 7) is -1.47. The van der Waals surface area contributed by atoms with Crippen LogP contribution < -0.4 is 5.69 Å². The first-order valence-electron chi connectivity index (χ1n) is 10.6. The highest BCUT2D eigenvalue weighted by molar-refractivity contribution is 6.32. The van der Waals surface area contributed by atoms with Crippen molar-refractivity contribution < 1.29 is 28.1 Å². The number of halogens is 5. The number of aliphatic hydroxyl groups is 2. The van der Waals surface area contributed by atoms with Gasteiger partial charge in [-0.2, -0.15) is 13.2 Å². The number of benzene rings is 2. The molecule has 0 aliphatic rings. The van der Waals surface area contributed by atoms with Gasteiger partial charge in [0, 0.05) is 17.7 Å². The van der Waals surface area contributed by atoms with Gasteiger partial charge in [0.2, 0.25) is 6.29 Å². The molecule has 0 fully saturated rings. The number of nitrogens with zero attached hydrogens (tertiary/aromatic N) is 6. The Bertz CT molecular complexity index is 1450. The van der Waals surface area contributed by atoms with Crippen molar-refractivity contribution >= 4 is 23.2 Å². The molecule has 0 amide bonds. The number of rotatable bonds is 8. The summed E-state index contributed by atoms with van der Waals surface area (Å²) in [6.07, 6.45) is -9.27. The molecular formula is C22H19Cl2F3N6O4. The van der Waals surface area contributed by atoms with Gasteiger partial charge < -0.3 is 14.9 Å². The average Bonchev–Trinajstić information content (AvgIpc) is 3.40. The maximum absolute atomic E-state index is 13.1. The van der Waals surface area contributed by atoms with Gasteiger partial charge in [0.1, 0.15) is 6.54 Å². The van der Waals surface area contributed by atoms with Crippen LogP contribution in [-0.2, 0) is 17.8 Å². The molecule has 2 heterocycles. The van der Waals surface area contributed by atoms with Gasteiger partial charge >= 0.3 is 11.9 Å². The van der Waals surface area contributed by atoms with E-state index in [2.05, 4.69) is 15.2 Å². The van der Waals surface area contributed by atoms with Crippen LogP contribution >= 0.6 is 23.2 Å². The summed E-state index contributed by atoms with van der Waals surface area (Å²) in [5.74, 6) is -0.201. The summed E-state index contributed by atoms with van der Waals surface area (Å²) in [6, 6.07) is 12.5. The van der Waals surface area contributed by atoms with Crippen LogP contribution in [0.4, 0.5) is 13.2 Å². The van der Waals surface area contributed by atoms with Crippen molar-refractivity contribution in [2.75, 3.05) is 7.11 Å². The van der Waals surface area contributed by atoms with Crippen LogP contribution in [0.25, 0.3) is 17.1 Å². The van der Waals surface area contributed by atoms with Gasteiger partial charge in [0.05, 0.1) is 17.3 Å². The third-order valence-electron chi connectivity index (χ3n) is 5.25. The van der Waals surface area contributed by atoms with E-state index in [1.165, 1.54) is 36.1 Å². The Kier molecular flexibility index (Phi) is 7.71. The van der Waals surface area contributed by atoms with E-state index in [0.29, 0.717) is 20.8 Å². The molecule has 196 valence electrons. The van der Waals surface area contributed by atoms with E-state index >= 15 is 0 Å². The van der Waals surface area contributed by atoms with Crippen molar-refractivity contribution in [3.8, 4) is 17.1 Å². The highest BCUT2D eigenvalue weighted by Crippen LogP contribution is 2.25. The van der Waals surface area contributed by atoms with Crippen LogP contribution in [0.1, 0.15) is 17.9 Å². The molecule has 0 bridgehead atoms. The van der Waals surface area contributed by atoms with E-state index in [-0.39, 0.29) is 29.0 Å². The minimum absolute atomic E-state index is 0.0169. The highest BCUT2D eigenvalue weighted by Gasteiger charge is 2.39. The first-order valence-corrected chi connectivity index (χ1v) is 11.3. The molecule has 0 spiro atoms. The van der Waals surface area contributed by atoms with Crippen molar-refractivity contribution in [3.63, 3.8) is 0 Å². The van der Waals surface area contributed by atoms with E-state index in [4.69, 9.17) is 27.9 Å². The van der Waals surface area contributed by atoms with Gasteiger partial charge in [-0.1, -0.05) is 35.3 Å². The standard InChI is InChI=1S/C22H19Cl2F3N6O4/c1-37-20(35)19-28-17(29-33(19)15-5-3-2-4-14(15)24)11-32-21(36)31(10-16(34)22(25,26)27)18(30-32)12-6-8-13(23)9-7-12/h2-9,16,20,34-35H,10-11H2,1H3/t16-,20?/m0/s1. The number of methoxy groups -OCH3 is 1. The molecule has 2 aromatic carbocycles. The maximum atomic E-state index is 13.1. The van der Waals surface area contributed by atoms with E-state index < -0.39 is 30.8 Å². The fraction of sp³-hybridized carbons (Fsp3) is 0.273. The van der Waals surface area contributed by atoms with Gasteiger partial charge in [0.25, 0.3) is 0 Å². The molecule has 37 heavy (non-hydrogen) atoms. The Hall–Kier alpha value is -3.23. The molecule has 1 unspecified atom stereocenters. The average molecular weight is 559 g/mol. The maximum Gasteiger partial charge on any atom is 0.416 e. The summed E-state index contributed by atoms with van der Waals surface area (Å²) < 4.78 is 47.0. The molecule has 2 atom stereocenters. The monoisotopic (exact) mass is 558 g/mol. The lowest BCUT2D eigenvalue weighted by Crippen LogP contribution is -2.37. The molecule has 0 radical (unpaired) electrons. The minimum Gasteiger partial charge on any atom is -0.382 e. The lowest BCUT2D eigenvalue weighted by molar-refractivity contribution is -0.207. The SMILES string of the molecule is COC(O)c1nc(Cn2nc(-c3ccc(Cl)cc3)n(C[C@H](O)C(F)(F)F)c2=O)nn1-c1ccccc1Cl. The van der Waals surface area contributed by atoms with Crippen molar-refractivity contribution in [2.24, 2.45) is 0 Å². The van der Waals surface area contributed by atoms with Gasteiger partial charge in [-0.05, 0) is 36.4 Å². The molecule has 0 aliphatic carbocycles. The predicted octanol–water partition coefficient (Wildman–Crippen LogP) is 3.21. The fourth-order valence-corrected chi connectivity index (χ4v) is 3.77. The van der Waals surface area contributed by atoms with E-state index in [1.54, 1.807) is 24.3 Å². The molecule has 0 saturated carbocycles. The van der Waals surface area contributed by atoms with Crippen LogP contribution in [0.2, 0.25) is 10.0 Å². The molecule has 0 aliphatic heterocycles. The van der Waals surface area contributed by atoms with Crippen molar-refractivity contribution in [1.82, 2.24) is 29.1 Å². The Morgan fingerprint density at radius 3 is 2.35 bits per heavy atom. The van der Waals surface area contributed by atoms with Crippen LogP contribution in [0, 0.1) is 0 Å². The summed E-state index contributed by atoms with van der Waals surface area (Å²) in [5, 5.41) is 29.0. The van der Waals surface area contributed by atoms with Crippen LogP contribution in [0.15, 0.2) is 53.3 Å². The first kappa shape index (κ1) is 26.8. The smallest absolute Gasteiger partial charge is 0.382 e. The number of ether oxygens (including phenoxy) is 1. The minimum atomic E-state index is -4.96. The fourth-order valence-electron chi connectivity index (χ4n) is 3.43. The Labute approximate surface area is 217 Å².